The van der Waals surface area contributed by atoms with Gasteiger partial charge in [0.15, 0.2) is 22.5 Å². The predicted octanol–water partition coefficient (Wildman–Crippen LogP) is 4.91. The van der Waals surface area contributed by atoms with Crippen molar-refractivity contribution in [3.05, 3.63) is 83.4 Å². The minimum atomic E-state index is -0.143. The van der Waals surface area contributed by atoms with Crippen molar-refractivity contribution in [2.24, 2.45) is 4.99 Å². The number of nitrogens with zero attached hydrogens (tertiary/aromatic N) is 3. The van der Waals surface area contributed by atoms with Gasteiger partial charge in [-0.1, -0.05) is 30.3 Å². The molecule has 1 aliphatic heterocycles. The summed E-state index contributed by atoms with van der Waals surface area (Å²) in [6.45, 7) is 0. The normalized spacial score (nSPS) is 16.3. The molecule has 2 aromatic carbocycles. The van der Waals surface area contributed by atoms with Crippen molar-refractivity contribution in [3.63, 3.8) is 0 Å². The first-order chi connectivity index (χ1) is 14.7. The molecule has 0 saturated carbocycles. The van der Waals surface area contributed by atoms with Crippen LogP contribution in [0.1, 0.15) is 5.56 Å². The van der Waals surface area contributed by atoms with E-state index in [1.807, 2.05) is 66.7 Å². The summed E-state index contributed by atoms with van der Waals surface area (Å²) in [7, 11) is 3.17. The molecule has 4 rings (SSSR count). The van der Waals surface area contributed by atoms with Crippen LogP contribution in [0.5, 0.6) is 11.5 Å². The molecule has 150 valence electrons. The maximum absolute atomic E-state index is 13.3. The number of methoxy groups -OCH3 is 2. The average Bonchev–Trinajstić information content (AvgIpc) is 3.09. The number of ether oxygens (including phenoxy) is 2. The smallest absolute Gasteiger partial charge is 0.271 e. The van der Waals surface area contributed by atoms with E-state index < -0.39 is 0 Å². The highest BCUT2D eigenvalue weighted by Crippen LogP contribution is 2.38. The van der Waals surface area contributed by atoms with Gasteiger partial charge in [0.05, 0.1) is 24.8 Å². The molecule has 0 atom stereocenters. The number of pyridine rings is 1. The third kappa shape index (κ3) is 4.06. The summed E-state index contributed by atoms with van der Waals surface area (Å²) >= 11 is 1.31. The van der Waals surface area contributed by atoms with Gasteiger partial charge in [-0.15, -0.1) is 0 Å². The number of hydrogen-bond donors (Lipinski definition) is 0. The number of aromatic nitrogens is 1. The summed E-state index contributed by atoms with van der Waals surface area (Å²) < 4.78 is 10.7. The van der Waals surface area contributed by atoms with Gasteiger partial charge in [-0.3, -0.25) is 9.69 Å². The highest BCUT2D eigenvalue weighted by atomic mass is 32.2. The van der Waals surface area contributed by atoms with Crippen LogP contribution in [0.3, 0.4) is 0 Å². The van der Waals surface area contributed by atoms with E-state index >= 15 is 0 Å². The van der Waals surface area contributed by atoms with Crippen LogP contribution in [-0.4, -0.2) is 30.3 Å². The number of anilines is 1. The Morgan fingerprint density at radius 1 is 0.967 bits per heavy atom. The number of amides is 1. The van der Waals surface area contributed by atoms with Gasteiger partial charge in [0.2, 0.25) is 0 Å². The van der Waals surface area contributed by atoms with Crippen LogP contribution in [0.25, 0.3) is 6.08 Å². The summed E-state index contributed by atoms with van der Waals surface area (Å²) in [6, 6.07) is 20.5. The number of carbonyl (C=O) groups is 1. The van der Waals surface area contributed by atoms with Crippen LogP contribution < -0.4 is 14.4 Å². The zero-order valence-electron chi connectivity index (χ0n) is 16.5. The zero-order valence-corrected chi connectivity index (χ0v) is 17.3. The van der Waals surface area contributed by atoms with Gasteiger partial charge in [-0.2, -0.15) is 0 Å². The number of benzene rings is 2. The number of amidine groups is 1. The van der Waals surface area contributed by atoms with Gasteiger partial charge in [0, 0.05) is 6.20 Å². The van der Waals surface area contributed by atoms with Crippen molar-refractivity contribution in [1.29, 1.82) is 0 Å². The molecule has 3 aromatic rings. The van der Waals surface area contributed by atoms with Crippen molar-refractivity contribution in [2.75, 3.05) is 19.1 Å². The first kappa shape index (κ1) is 19.7. The second kappa shape index (κ2) is 8.84. The minimum Gasteiger partial charge on any atom is -0.493 e. The fourth-order valence-corrected chi connectivity index (χ4v) is 3.95. The first-order valence-electron chi connectivity index (χ1n) is 9.20. The van der Waals surface area contributed by atoms with Crippen LogP contribution in [0.4, 0.5) is 11.5 Å². The molecule has 0 N–H and O–H groups in total. The lowest BCUT2D eigenvalue weighted by Gasteiger charge is -2.15. The zero-order chi connectivity index (χ0) is 20.9. The maximum Gasteiger partial charge on any atom is 0.271 e. The molecule has 2 heterocycles. The molecule has 30 heavy (non-hydrogen) atoms. The summed E-state index contributed by atoms with van der Waals surface area (Å²) in [6.07, 6.45) is 3.50. The van der Waals surface area contributed by atoms with E-state index in [1.54, 1.807) is 31.4 Å². The van der Waals surface area contributed by atoms with Crippen molar-refractivity contribution in [1.82, 2.24) is 4.98 Å². The van der Waals surface area contributed by atoms with Crippen molar-refractivity contribution >= 4 is 40.4 Å². The second-order valence-electron chi connectivity index (χ2n) is 6.28. The van der Waals surface area contributed by atoms with E-state index in [0.717, 1.165) is 11.3 Å². The SMILES string of the molecule is COc1ccc(/C=C2\S/C(=N/c3ccccn3)N(c3ccccc3)C2=O)cc1OC. The van der Waals surface area contributed by atoms with Crippen LogP contribution in [0.2, 0.25) is 0 Å². The molecule has 0 spiro atoms. The average molecular weight is 417 g/mol. The minimum absolute atomic E-state index is 0.143. The number of para-hydroxylation sites is 1. The van der Waals surface area contributed by atoms with E-state index in [-0.39, 0.29) is 5.91 Å². The third-order valence-electron chi connectivity index (χ3n) is 4.39. The summed E-state index contributed by atoms with van der Waals surface area (Å²) in [4.78, 5) is 24.3. The van der Waals surface area contributed by atoms with Gasteiger partial charge < -0.3 is 9.47 Å². The topological polar surface area (TPSA) is 64.0 Å². The monoisotopic (exact) mass is 417 g/mol. The highest BCUT2D eigenvalue weighted by molar-refractivity contribution is 8.19. The molecule has 1 aliphatic rings. The number of aliphatic imine (C=N–C) groups is 1. The molecule has 1 amide bonds. The second-order valence-corrected chi connectivity index (χ2v) is 7.29. The summed E-state index contributed by atoms with van der Waals surface area (Å²) in [5.41, 5.74) is 1.58. The van der Waals surface area contributed by atoms with Crippen LogP contribution in [0.15, 0.2) is 82.8 Å². The van der Waals surface area contributed by atoms with Crippen LogP contribution >= 0.6 is 11.8 Å². The quantitative estimate of drug-likeness (QED) is 0.552. The Hall–Kier alpha value is -3.58. The number of hydrogen-bond acceptors (Lipinski definition) is 6. The van der Waals surface area contributed by atoms with E-state index in [9.17, 15) is 4.79 Å². The van der Waals surface area contributed by atoms with Gasteiger partial charge in [0.1, 0.15) is 0 Å². The molecule has 7 heteroatoms. The Balaban J connectivity index is 1.75. The molecule has 6 nitrogen and oxygen atoms in total. The molecular weight excluding hydrogens is 398 g/mol. The largest absolute Gasteiger partial charge is 0.493 e. The van der Waals surface area contributed by atoms with Crippen LogP contribution in [0, 0.1) is 0 Å². The van der Waals surface area contributed by atoms with Crippen LogP contribution in [-0.2, 0) is 4.79 Å². The van der Waals surface area contributed by atoms with Crippen molar-refractivity contribution in [2.45, 2.75) is 0 Å². The molecule has 1 aromatic heterocycles. The van der Waals surface area contributed by atoms with Gasteiger partial charge in [-0.25, -0.2) is 9.98 Å². The molecular formula is C23H19N3O3S. The Bertz CT molecular complexity index is 1120. The molecule has 0 aliphatic carbocycles. The summed E-state index contributed by atoms with van der Waals surface area (Å²) in [5.74, 6) is 1.63. The molecule has 0 radical (unpaired) electrons. The van der Waals surface area contributed by atoms with Gasteiger partial charge in [0.25, 0.3) is 5.91 Å². The summed E-state index contributed by atoms with van der Waals surface area (Å²) in [5, 5.41) is 0.552. The first-order valence-corrected chi connectivity index (χ1v) is 10.0. The van der Waals surface area contributed by atoms with Crippen molar-refractivity contribution < 1.29 is 14.3 Å². The molecule has 0 bridgehead atoms. The lowest BCUT2D eigenvalue weighted by atomic mass is 10.2. The van der Waals surface area contributed by atoms with E-state index in [4.69, 9.17) is 9.47 Å². The lowest BCUT2D eigenvalue weighted by molar-refractivity contribution is -0.113. The Morgan fingerprint density at radius 3 is 2.43 bits per heavy atom. The molecule has 1 saturated heterocycles. The number of carbonyl (C=O) groups excluding carboxylic acids is 1. The Labute approximate surface area is 178 Å². The standard InChI is InChI=1S/C23H19N3O3S/c1-28-18-12-11-16(14-19(18)29-2)15-20-22(27)26(17-8-4-3-5-9-17)23(30-20)25-21-10-6-7-13-24-21/h3-15H,1-2H3/b20-15-,25-23+. The highest BCUT2D eigenvalue weighted by Gasteiger charge is 2.34. The Morgan fingerprint density at radius 2 is 1.73 bits per heavy atom. The van der Waals surface area contributed by atoms with E-state index in [2.05, 4.69) is 9.98 Å². The fourth-order valence-electron chi connectivity index (χ4n) is 2.97. The maximum atomic E-state index is 13.3. The van der Waals surface area contributed by atoms with Gasteiger partial charge >= 0.3 is 0 Å². The fraction of sp³-hybridized carbons (Fsp3) is 0.0870. The third-order valence-corrected chi connectivity index (χ3v) is 5.35. The number of thioether (sulfide) groups is 1. The van der Waals surface area contributed by atoms with Gasteiger partial charge in [-0.05, 0) is 59.8 Å². The molecule has 0 unspecified atom stereocenters. The van der Waals surface area contributed by atoms with E-state index in [1.165, 1.54) is 11.8 Å². The Kier molecular flexibility index (Phi) is 5.81. The number of rotatable bonds is 5. The lowest BCUT2D eigenvalue weighted by Crippen LogP contribution is -2.28. The van der Waals surface area contributed by atoms with Crippen molar-refractivity contribution in [3.8, 4) is 11.5 Å². The van der Waals surface area contributed by atoms with E-state index in [0.29, 0.717) is 27.4 Å². The molecule has 1 fully saturated rings. The predicted molar refractivity (Wildman–Crippen MR) is 120 cm³/mol.